The lowest BCUT2D eigenvalue weighted by Gasteiger charge is -2.26. The predicted molar refractivity (Wildman–Crippen MR) is 79.6 cm³/mol. The van der Waals surface area contributed by atoms with Crippen molar-refractivity contribution in [2.75, 3.05) is 6.54 Å². The van der Waals surface area contributed by atoms with Crippen LogP contribution in [0.25, 0.3) is 0 Å². The normalized spacial score (nSPS) is 13.8. The van der Waals surface area contributed by atoms with Gasteiger partial charge in [-0.25, -0.2) is 4.98 Å². The smallest absolute Gasteiger partial charge is 0.144 e. The van der Waals surface area contributed by atoms with Crippen LogP contribution >= 0.6 is 11.3 Å². The fourth-order valence-corrected chi connectivity index (χ4v) is 2.54. The van der Waals surface area contributed by atoms with Gasteiger partial charge < -0.3 is 16.3 Å². The molecule has 0 atom stereocenters. The zero-order valence-electron chi connectivity index (χ0n) is 12.1. The molecule has 1 rings (SSSR count). The van der Waals surface area contributed by atoms with Crippen molar-refractivity contribution in [3.8, 4) is 0 Å². The second-order valence-electron chi connectivity index (χ2n) is 5.86. The second-order valence-corrected chi connectivity index (χ2v) is 6.76. The molecule has 0 saturated carbocycles. The van der Waals surface area contributed by atoms with Gasteiger partial charge in [0.05, 0.1) is 5.54 Å². The number of hydrogen-bond donors (Lipinski definition) is 3. The minimum Gasteiger partial charge on any atom is -0.409 e. The highest BCUT2D eigenvalue weighted by Crippen LogP contribution is 2.24. The Morgan fingerprint density at radius 2 is 2.16 bits per heavy atom. The van der Waals surface area contributed by atoms with Crippen LogP contribution in [-0.4, -0.2) is 22.6 Å². The van der Waals surface area contributed by atoms with Crippen molar-refractivity contribution in [1.29, 1.82) is 0 Å². The molecule has 0 aromatic carbocycles. The van der Waals surface area contributed by atoms with E-state index in [1.807, 2.05) is 25.4 Å². The maximum Gasteiger partial charge on any atom is 0.144 e. The topological polar surface area (TPSA) is 83.5 Å². The first-order valence-corrected chi connectivity index (χ1v) is 7.30. The highest BCUT2D eigenvalue weighted by Gasteiger charge is 2.25. The van der Waals surface area contributed by atoms with Gasteiger partial charge in [0, 0.05) is 17.0 Å². The summed E-state index contributed by atoms with van der Waals surface area (Å²) in [7, 11) is 0. The molecule has 0 radical (unpaired) electrons. The summed E-state index contributed by atoms with van der Waals surface area (Å²) in [5, 5.41) is 18.4. The molecule has 0 saturated heterocycles. The number of amidine groups is 1. The van der Waals surface area contributed by atoms with Gasteiger partial charge in [-0.2, -0.15) is 0 Å². The third kappa shape index (κ3) is 4.47. The minimum atomic E-state index is -0.276. The van der Waals surface area contributed by atoms with Gasteiger partial charge in [-0.3, -0.25) is 0 Å². The van der Waals surface area contributed by atoms with E-state index in [0.717, 1.165) is 24.4 Å². The van der Waals surface area contributed by atoms with E-state index in [-0.39, 0.29) is 16.8 Å². The standard InChI is InChI=1S/C13H24N4OS/c1-12(2,10(14)17-18)6-5-7-16-13(3,4)11-15-8-9-19-11/h8-9,16,18H,5-7H2,1-4H3,(H2,14,17). The van der Waals surface area contributed by atoms with E-state index in [2.05, 4.69) is 29.3 Å². The van der Waals surface area contributed by atoms with Crippen LogP contribution < -0.4 is 11.1 Å². The first-order chi connectivity index (χ1) is 8.79. The van der Waals surface area contributed by atoms with Crippen molar-refractivity contribution in [3.05, 3.63) is 16.6 Å². The van der Waals surface area contributed by atoms with Gasteiger partial charge in [0.1, 0.15) is 10.8 Å². The molecular weight excluding hydrogens is 260 g/mol. The maximum absolute atomic E-state index is 8.72. The van der Waals surface area contributed by atoms with Crippen LogP contribution in [0.5, 0.6) is 0 Å². The summed E-state index contributed by atoms with van der Waals surface area (Å²) in [6, 6.07) is 0. The summed E-state index contributed by atoms with van der Waals surface area (Å²) in [5.74, 6) is 0.284. The Morgan fingerprint density at radius 1 is 1.47 bits per heavy atom. The Labute approximate surface area is 118 Å². The van der Waals surface area contributed by atoms with E-state index in [1.165, 1.54) is 0 Å². The van der Waals surface area contributed by atoms with Crippen molar-refractivity contribution >= 4 is 17.2 Å². The van der Waals surface area contributed by atoms with Gasteiger partial charge >= 0.3 is 0 Å². The molecule has 0 aliphatic heterocycles. The lowest BCUT2D eigenvalue weighted by molar-refractivity contribution is 0.303. The molecule has 0 bridgehead atoms. The number of aromatic nitrogens is 1. The summed E-state index contributed by atoms with van der Waals surface area (Å²) in [5.41, 5.74) is 5.28. The molecule has 0 amide bonds. The quantitative estimate of drug-likeness (QED) is 0.236. The monoisotopic (exact) mass is 284 g/mol. The van der Waals surface area contributed by atoms with E-state index in [0.29, 0.717) is 0 Å². The van der Waals surface area contributed by atoms with Gasteiger partial charge in [-0.15, -0.1) is 11.3 Å². The number of hydrogen-bond acceptors (Lipinski definition) is 5. The molecule has 5 nitrogen and oxygen atoms in total. The molecule has 6 heteroatoms. The van der Waals surface area contributed by atoms with Crippen molar-refractivity contribution in [2.24, 2.45) is 16.3 Å². The molecule has 19 heavy (non-hydrogen) atoms. The molecule has 1 heterocycles. The number of oxime groups is 1. The van der Waals surface area contributed by atoms with Gasteiger partial charge in [-0.05, 0) is 33.2 Å². The van der Waals surface area contributed by atoms with Gasteiger partial charge in [0.15, 0.2) is 0 Å². The van der Waals surface area contributed by atoms with Crippen LogP contribution in [0.4, 0.5) is 0 Å². The molecular formula is C13H24N4OS. The van der Waals surface area contributed by atoms with Crippen LogP contribution in [-0.2, 0) is 5.54 Å². The third-order valence-electron chi connectivity index (χ3n) is 3.31. The van der Waals surface area contributed by atoms with Crippen molar-refractivity contribution in [3.63, 3.8) is 0 Å². The summed E-state index contributed by atoms with van der Waals surface area (Å²) < 4.78 is 0. The van der Waals surface area contributed by atoms with E-state index >= 15 is 0 Å². The summed E-state index contributed by atoms with van der Waals surface area (Å²) in [4.78, 5) is 4.34. The van der Waals surface area contributed by atoms with Gasteiger partial charge in [0.25, 0.3) is 0 Å². The summed E-state index contributed by atoms with van der Waals surface area (Å²) in [6.45, 7) is 9.08. The zero-order chi connectivity index (χ0) is 14.5. The molecule has 0 fully saturated rings. The second kappa shape index (κ2) is 6.34. The SMILES string of the molecule is CC(C)(CCCNC(C)(C)c1nccs1)/C(N)=N/O. The lowest BCUT2D eigenvalue weighted by atomic mass is 9.86. The number of nitrogens with zero attached hydrogens (tertiary/aromatic N) is 2. The van der Waals surface area contributed by atoms with Crippen LogP contribution in [0, 0.1) is 5.41 Å². The van der Waals surface area contributed by atoms with E-state index in [9.17, 15) is 0 Å². The average Bonchev–Trinajstić information content (AvgIpc) is 2.88. The average molecular weight is 284 g/mol. The highest BCUT2D eigenvalue weighted by molar-refractivity contribution is 7.09. The molecule has 1 aromatic heterocycles. The fraction of sp³-hybridized carbons (Fsp3) is 0.692. The first kappa shape index (κ1) is 15.9. The van der Waals surface area contributed by atoms with Crippen LogP contribution in [0.2, 0.25) is 0 Å². The third-order valence-corrected chi connectivity index (χ3v) is 4.41. The van der Waals surface area contributed by atoms with Crippen LogP contribution in [0.15, 0.2) is 16.7 Å². The molecule has 0 aliphatic carbocycles. The van der Waals surface area contributed by atoms with E-state index in [1.54, 1.807) is 11.3 Å². The van der Waals surface area contributed by atoms with E-state index in [4.69, 9.17) is 10.9 Å². The molecule has 4 N–H and O–H groups in total. The van der Waals surface area contributed by atoms with Crippen LogP contribution in [0.1, 0.15) is 45.5 Å². The largest absolute Gasteiger partial charge is 0.409 e. The molecule has 0 unspecified atom stereocenters. The minimum absolute atomic E-state index is 0.116. The van der Waals surface area contributed by atoms with Gasteiger partial charge in [0.2, 0.25) is 0 Å². The fourth-order valence-electron chi connectivity index (χ4n) is 1.80. The Morgan fingerprint density at radius 3 is 2.68 bits per heavy atom. The van der Waals surface area contributed by atoms with Crippen LogP contribution in [0.3, 0.4) is 0 Å². The molecule has 0 aliphatic rings. The zero-order valence-corrected chi connectivity index (χ0v) is 12.9. The number of rotatable bonds is 7. The Bertz CT molecular complexity index is 412. The Kier molecular flexibility index (Phi) is 5.31. The molecule has 0 spiro atoms. The Hall–Kier alpha value is -1.14. The lowest BCUT2D eigenvalue weighted by Crippen LogP contribution is -2.38. The number of thiazole rings is 1. The predicted octanol–water partition coefficient (Wildman–Crippen LogP) is 2.52. The first-order valence-electron chi connectivity index (χ1n) is 6.42. The summed E-state index contributed by atoms with van der Waals surface area (Å²) in [6.07, 6.45) is 3.65. The van der Waals surface area contributed by atoms with Crippen molar-refractivity contribution < 1.29 is 5.21 Å². The Balaban J connectivity index is 2.39. The molecule has 108 valence electrons. The molecule has 1 aromatic rings. The number of nitrogens with two attached hydrogens (primary N) is 1. The summed E-state index contributed by atoms with van der Waals surface area (Å²) >= 11 is 1.66. The van der Waals surface area contributed by atoms with Crippen molar-refractivity contribution in [1.82, 2.24) is 10.3 Å². The van der Waals surface area contributed by atoms with Gasteiger partial charge in [-0.1, -0.05) is 19.0 Å². The van der Waals surface area contributed by atoms with Crippen molar-refractivity contribution in [2.45, 2.75) is 46.1 Å². The highest BCUT2D eigenvalue weighted by atomic mass is 32.1. The number of nitrogens with one attached hydrogen (secondary N) is 1. The van der Waals surface area contributed by atoms with E-state index < -0.39 is 0 Å². The maximum atomic E-state index is 8.72.